The SMILES string of the molecule is N[C@@H](CSCCC=O)C(=O)O. The molecule has 3 N–H and O–H groups in total. The van der Waals surface area contributed by atoms with Crippen molar-refractivity contribution in [3.05, 3.63) is 0 Å². The van der Waals surface area contributed by atoms with Crippen LogP contribution in [0.15, 0.2) is 0 Å². The number of rotatable bonds is 6. The lowest BCUT2D eigenvalue weighted by atomic mass is 10.4. The molecule has 0 bridgehead atoms. The van der Waals surface area contributed by atoms with Gasteiger partial charge in [-0.25, -0.2) is 0 Å². The molecule has 0 aliphatic heterocycles. The Labute approximate surface area is 69.1 Å². The van der Waals surface area contributed by atoms with Gasteiger partial charge < -0.3 is 15.6 Å². The predicted molar refractivity (Wildman–Crippen MR) is 43.6 cm³/mol. The number of hydrogen-bond acceptors (Lipinski definition) is 4. The van der Waals surface area contributed by atoms with Gasteiger partial charge in [0.15, 0.2) is 0 Å². The molecule has 5 heteroatoms. The molecule has 0 aliphatic rings. The van der Waals surface area contributed by atoms with Crippen molar-refractivity contribution in [3.8, 4) is 0 Å². The topological polar surface area (TPSA) is 80.4 Å². The molecule has 0 unspecified atom stereocenters. The van der Waals surface area contributed by atoms with E-state index in [0.717, 1.165) is 6.29 Å². The molecule has 0 aromatic carbocycles. The molecular formula is C6H11NO3S. The second-order valence-corrected chi connectivity index (χ2v) is 3.12. The highest BCUT2D eigenvalue weighted by Crippen LogP contribution is 2.02. The molecule has 0 aromatic heterocycles. The van der Waals surface area contributed by atoms with E-state index >= 15 is 0 Å². The average molecular weight is 177 g/mol. The maximum atomic E-state index is 10.2. The normalized spacial score (nSPS) is 12.5. The highest BCUT2D eigenvalue weighted by Gasteiger charge is 2.09. The van der Waals surface area contributed by atoms with Crippen molar-refractivity contribution in [2.75, 3.05) is 11.5 Å². The summed E-state index contributed by atoms with van der Waals surface area (Å²) in [5, 5.41) is 8.33. The number of thioether (sulfide) groups is 1. The number of carboxylic acids is 1. The van der Waals surface area contributed by atoms with Gasteiger partial charge >= 0.3 is 5.97 Å². The van der Waals surface area contributed by atoms with Gasteiger partial charge in [-0.05, 0) is 5.75 Å². The summed E-state index contributed by atoms with van der Waals surface area (Å²) in [7, 11) is 0. The Hall–Kier alpha value is -0.550. The molecule has 0 fully saturated rings. The van der Waals surface area contributed by atoms with E-state index in [0.29, 0.717) is 17.9 Å². The first-order valence-corrected chi connectivity index (χ1v) is 4.33. The average Bonchev–Trinajstić information content (AvgIpc) is 1.97. The Bertz CT molecular complexity index is 140. The van der Waals surface area contributed by atoms with Gasteiger partial charge in [0.2, 0.25) is 0 Å². The van der Waals surface area contributed by atoms with E-state index in [1.807, 2.05) is 0 Å². The first-order valence-electron chi connectivity index (χ1n) is 3.18. The fraction of sp³-hybridized carbons (Fsp3) is 0.667. The van der Waals surface area contributed by atoms with Crippen LogP contribution >= 0.6 is 11.8 Å². The van der Waals surface area contributed by atoms with E-state index in [1.165, 1.54) is 11.8 Å². The van der Waals surface area contributed by atoms with Gasteiger partial charge in [0.25, 0.3) is 0 Å². The largest absolute Gasteiger partial charge is 0.480 e. The van der Waals surface area contributed by atoms with E-state index in [2.05, 4.69) is 0 Å². The number of hydrogen-bond donors (Lipinski definition) is 2. The molecule has 4 nitrogen and oxygen atoms in total. The Morgan fingerprint density at radius 2 is 2.36 bits per heavy atom. The molecule has 0 spiro atoms. The molecule has 0 aliphatic carbocycles. The predicted octanol–water partition coefficient (Wildman–Crippen LogP) is -0.280. The number of carbonyl (C=O) groups excluding carboxylic acids is 1. The van der Waals surface area contributed by atoms with Crippen LogP contribution in [0.25, 0.3) is 0 Å². The van der Waals surface area contributed by atoms with Crippen molar-refractivity contribution in [1.29, 1.82) is 0 Å². The van der Waals surface area contributed by atoms with Gasteiger partial charge in [0.1, 0.15) is 12.3 Å². The second-order valence-electron chi connectivity index (χ2n) is 1.97. The van der Waals surface area contributed by atoms with Crippen molar-refractivity contribution >= 4 is 24.0 Å². The summed E-state index contributed by atoms with van der Waals surface area (Å²) in [6.07, 6.45) is 1.26. The van der Waals surface area contributed by atoms with Gasteiger partial charge in [0, 0.05) is 12.2 Å². The van der Waals surface area contributed by atoms with Crippen molar-refractivity contribution in [2.45, 2.75) is 12.5 Å². The number of nitrogens with two attached hydrogens (primary N) is 1. The van der Waals surface area contributed by atoms with Crippen molar-refractivity contribution in [1.82, 2.24) is 0 Å². The van der Waals surface area contributed by atoms with Gasteiger partial charge in [-0.15, -0.1) is 0 Å². The molecule has 0 radical (unpaired) electrons. The lowest BCUT2D eigenvalue weighted by Crippen LogP contribution is -2.32. The molecule has 0 rings (SSSR count). The summed E-state index contributed by atoms with van der Waals surface area (Å²) in [6, 6.07) is -0.813. The number of carboxylic acid groups (broad SMARTS) is 1. The summed E-state index contributed by atoms with van der Waals surface area (Å²) in [5.41, 5.74) is 5.19. The lowest BCUT2D eigenvalue weighted by molar-refractivity contribution is -0.137. The van der Waals surface area contributed by atoms with E-state index < -0.39 is 12.0 Å². The van der Waals surface area contributed by atoms with Crippen molar-refractivity contribution in [2.24, 2.45) is 5.73 Å². The van der Waals surface area contributed by atoms with Crippen molar-refractivity contribution < 1.29 is 14.7 Å². The Morgan fingerprint density at radius 1 is 1.73 bits per heavy atom. The summed E-state index contributed by atoms with van der Waals surface area (Å²) < 4.78 is 0. The highest BCUT2D eigenvalue weighted by atomic mass is 32.2. The van der Waals surface area contributed by atoms with Gasteiger partial charge in [0.05, 0.1) is 0 Å². The van der Waals surface area contributed by atoms with E-state index in [4.69, 9.17) is 10.8 Å². The van der Waals surface area contributed by atoms with Crippen LogP contribution in [0, 0.1) is 0 Å². The smallest absolute Gasteiger partial charge is 0.321 e. The third-order valence-electron chi connectivity index (χ3n) is 0.995. The Kier molecular flexibility index (Phi) is 5.87. The number of carbonyl (C=O) groups is 2. The van der Waals surface area contributed by atoms with E-state index in [9.17, 15) is 9.59 Å². The first kappa shape index (κ1) is 10.4. The summed E-state index contributed by atoms with van der Waals surface area (Å²) in [6.45, 7) is 0. The maximum Gasteiger partial charge on any atom is 0.321 e. The number of aliphatic carboxylic acids is 1. The van der Waals surface area contributed by atoms with Crippen LogP contribution in [0.1, 0.15) is 6.42 Å². The molecule has 0 aromatic rings. The summed E-state index contributed by atoms with van der Waals surface area (Å²) >= 11 is 1.38. The molecule has 64 valence electrons. The molecule has 0 saturated carbocycles. The van der Waals surface area contributed by atoms with Gasteiger partial charge in [-0.2, -0.15) is 11.8 Å². The third-order valence-corrected chi connectivity index (χ3v) is 2.11. The second kappa shape index (κ2) is 6.18. The molecule has 11 heavy (non-hydrogen) atoms. The Morgan fingerprint density at radius 3 is 2.82 bits per heavy atom. The fourth-order valence-electron chi connectivity index (χ4n) is 0.413. The van der Waals surface area contributed by atoms with Crippen LogP contribution in [0.5, 0.6) is 0 Å². The zero-order valence-corrected chi connectivity index (χ0v) is 6.84. The first-order chi connectivity index (χ1) is 5.18. The van der Waals surface area contributed by atoms with E-state index in [1.54, 1.807) is 0 Å². The molecule has 0 heterocycles. The van der Waals surface area contributed by atoms with E-state index in [-0.39, 0.29) is 0 Å². The van der Waals surface area contributed by atoms with Crippen LogP contribution in [0.2, 0.25) is 0 Å². The standard InChI is InChI=1S/C6H11NO3S/c7-5(6(9)10)4-11-3-1-2-8/h2,5H,1,3-4,7H2,(H,9,10)/t5-/m0/s1. The van der Waals surface area contributed by atoms with Crippen LogP contribution in [-0.2, 0) is 9.59 Å². The highest BCUT2D eigenvalue weighted by molar-refractivity contribution is 7.99. The summed E-state index contributed by atoms with van der Waals surface area (Å²) in [5.74, 6) is 0.0109. The minimum Gasteiger partial charge on any atom is -0.480 e. The van der Waals surface area contributed by atoms with Gasteiger partial charge in [-0.3, -0.25) is 4.79 Å². The monoisotopic (exact) mass is 177 g/mol. The van der Waals surface area contributed by atoms with Crippen molar-refractivity contribution in [3.63, 3.8) is 0 Å². The molecule has 0 amide bonds. The number of aldehydes is 1. The Balaban J connectivity index is 3.24. The maximum absolute atomic E-state index is 10.2. The van der Waals surface area contributed by atoms with Crippen LogP contribution < -0.4 is 5.73 Å². The van der Waals surface area contributed by atoms with Crippen LogP contribution in [-0.4, -0.2) is 34.9 Å². The zero-order valence-electron chi connectivity index (χ0n) is 6.03. The zero-order chi connectivity index (χ0) is 8.69. The van der Waals surface area contributed by atoms with Gasteiger partial charge in [-0.1, -0.05) is 0 Å². The molecular weight excluding hydrogens is 166 g/mol. The lowest BCUT2D eigenvalue weighted by Gasteiger charge is -2.03. The fourth-order valence-corrected chi connectivity index (χ4v) is 1.24. The van der Waals surface area contributed by atoms with Crippen LogP contribution in [0.4, 0.5) is 0 Å². The quantitative estimate of drug-likeness (QED) is 0.431. The van der Waals surface area contributed by atoms with Crippen LogP contribution in [0.3, 0.4) is 0 Å². The third kappa shape index (κ3) is 5.87. The minimum atomic E-state index is -0.997. The minimum absolute atomic E-state index is 0.364. The molecule has 0 saturated heterocycles. The summed E-state index contributed by atoms with van der Waals surface area (Å²) in [4.78, 5) is 20.0. The molecule has 1 atom stereocenters.